The smallest absolute Gasteiger partial charge is 0.192 e. The van der Waals surface area contributed by atoms with Crippen LogP contribution in [-0.2, 0) is 14.9 Å². The van der Waals surface area contributed by atoms with Crippen LogP contribution in [0.2, 0.25) is 0 Å². The Hall–Kier alpha value is -0.860. The van der Waals surface area contributed by atoms with Crippen molar-refractivity contribution in [2.45, 2.75) is 56.3 Å². The summed E-state index contributed by atoms with van der Waals surface area (Å²) in [7, 11) is 0. The maximum absolute atomic E-state index is 12.8. The molecule has 0 radical (unpaired) electrons. The number of hydrogen-bond donors (Lipinski definition) is 0. The van der Waals surface area contributed by atoms with Gasteiger partial charge in [0, 0.05) is 24.6 Å². The normalized spacial score (nSPS) is 42.1. The first-order chi connectivity index (χ1) is 11.5. The van der Waals surface area contributed by atoms with Gasteiger partial charge in [-0.15, -0.1) is 0 Å². The Kier molecular flexibility index (Phi) is 3.12. The van der Waals surface area contributed by atoms with Crippen LogP contribution in [0.4, 0.5) is 0 Å². The number of benzene rings is 1. The third-order valence-electron chi connectivity index (χ3n) is 6.84. The van der Waals surface area contributed by atoms with Crippen LogP contribution in [-0.4, -0.2) is 41.7 Å². The van der Waals surface area contributed by atoms with Crippen LogP contribution in [0.15, 0.2) is 12.1 Å². The molecule has 24 heavy (non-hydrogen) atoms. The summed E-state index contributed by atoms with van der Waals surface area (Å²) < 4.78 is 18.3. The first-order valence-electron chi connectivity index (χ1n) is 8.55. The number of nitrogens with zero attached hydrogens (tertiary/aromatic N) is 1. The topological polar surface area (TPSA) is 48.0 Å². The third-order valence-corrected chi connectivity index (χ3v) is 7.31. The van der Waals surface area contributed by atoms with Crippen molar-refractivity contribution in [3.05, 3.63) is 23.3 Å². The lowest BCUT2D eigenvalue weighted by atomic mass is 9.53. The number of piperidine rings is 1. The molecular weight excluding hydrogens is 421 g/mol. The number of fused-ring (bicyclic) bond motifs is 2. The van der Waals surface area contributed by atoms with Crippen LogP contribution >= 0.6 is 23.0 Å². The van der Waals surface area contributed by atoms with Crippen molar-refractivity contribution in [2.75, 3.05) is 13.3 Å². The van der Waals surface area contributed by atoms with Crippen LogP contribution in [0.1, 0.15) is 37.3 Å². The molecule has 0 aromatic heterocycles. The Morgan fingerprint density at radius 1 is 1.38 bits per heavy atom. The maximum atomic E-state index is 12.8. The average molecular weight is 441 g/mol. The van der Waals surface area contributed by atoms with Crippen LogP contribution in [0, 0.1) is 6.92 Å². The zero-order valence-corrected chi connectivity index (χ0v) is 16.0. The Bertz CT molecular complexity index is 753. The molecule has 3 heterocycles. The Balaban J connectivity index is 1.83. The molecule has 128 valence electrons. The lowest BCUT2D eigenvalue weighted by Crippen LogP contribution is -2.70. The van der Waals surface area contributed by atoms with E-state index in [4.69, 9.17) is 12.5 Å². The molecule has 5 nitrogen and oxygen atoms in total. The number of rotatable bonds is 1. The van der Waals surface area contributed by atoms with E-state index in [-0.39, 0.29) is 16.8 Å². The van der Waals surface area contributed by atoms with Gasteiger partial charge in [0.05, 0.1) is 11.0 Å². The molecule has 1 aliphatic carbocycles. The number of aryl methyl sites for hydroxylation is 1. The van der Waals surface area contributed by atoms with Gasteiger partial charge in [-0.05, 0) is 38.3 Å². The van der Waals surface area contributed by atoms with Gasteiger partial charge in [-0.3, -0.25) is 9.69 Å². The first kappa shape index (κ1) is 15.4. The maximum Gasteiger partial charge on any atom is 0.192 e. The molecule has 5 rings (SSSR count). The molecule has 2 bridgehead atoms. The fraction of sp³-hybridized carbons (Fsp3) is 0.611. The van der Waals surface area contributed by atoms with Crippen LogP contribution in [0.3, 0.4) is 0 Å². The van der Waals surface area contributed by atoms with E-state index in [1.165, 1.54) is 0 Å². The highest BCUT2D eigenvalue weighted by atomic mass is 127. The fourth-order valence-electron chi connectivity index (χ4n) is 5.73. The van der Waals surface area contributed by atoms with E-state index in [2.05, 4.69) is 24.8 Å². The molecule has 3 fully saturated rings. The molecule has 1 unspecified atom stereocenters. The van der Waals surface area contributed by atoms with Gasteiger partial charge in [0.25, 0.3) is 0 Å². The third kappa shape index (κ3) is 1.52. The molecule has 1 aromatic rings. The highest BCUT2D eigenvalue weighted by Gasteiger charge is 2.73. The summed E-state index contributed by atoms with van der Waals surface area (Å²) in [5.74, 6) is 1.66. The van der Waals surface area contributed by atoms with Gasteiger partial charge in [-0.25, -0.2) is 0 Å². The van der Waals surface area contributed by atoms with Gasteiger partial charge in [-0.1, -0.05) is 6.07 Å². The van der Waals surface area contributed by atoms with Gasteiger partial charge < -0.3 is 12.5 Å². The van der Waals surface area contributed by atoms with Crippen molar-refractivity contribution in [1.82, 2.24) is 4.90 Å². The van der Waals surface area contributed by atoms with E-state index in [1.807, 2.05) is 29.1 Å². The first-order valence-corrected chi connectivity index (χ1v) is 9.43. The van der Waals surface area contributed by atoms with Crippen molar-refractivity contribution in [1.29, 1.82) is 0 Å². The standard InChI is InChI=1S/C18H20INO4/c1-10-3-4-13(24-19)15-14(10)17-7-8-20-9-22-18(17,11(20)2)6-5-12(21)16(17)23-15/h3-4,11,16H,5-9H2,1-2H3/t11-,16+,17+,18-/m1/s1. The van der Waals surface area contributed by atoms with Crippen LogP contribution in [0.25, 0.3) is 0 Å². The summed E-state index contributed by atoms with van der Waals surface area (Å²) in [4.78, 5) is 15.2. The fourth-order valence-corrected chi connectivity index (χ4v) is 6.08. The second-order valence-electron chi connectivity index (χ2n) is 7.50. The van der Waals surface area contributed by atoms with E-state index in [0.29, 0.717) is 24.9 Å². The minimum absolute atomic E-state index is 0.201. The summed E-state index contributed by atoms with van der Waals surface area (Å²) in [6.45, 7) is 5.94. The van der Waals surface area contributed by atoms with Gasteiger partial charge in [0.2, 0.25) is 0 Å². The van der Waals surface area contributed by atoms with Crippen molar-refractivity contribution in [3.8, 4) is 11.5 Å². The lowest BCUT2D eigenvalue weighted by molar-refractivity contribution is -0.156. The minimum Gasteiger partial charge on any atom is -0.477 e. The van der Waals surface area contributed by atoms with E-state index in [9.17, 15) is 4.79 Å². The molecule has 1 saturated carbocycles. The number of halogens is 1. The van der Waals surface area contributed by atoms with Gasteiger partial charge >= 0.3 is 0 Å². The number of ether oxygens (including phenoxy) is 2. The SMILES string of the molecule is Cc1ccc(OI)c2c1[C@]13CCN4CO[C@]1(CCC(=O)[C@@H]3O2)[C@H]4C. The summed E-state index contributed by atoms with van der Waals surface area (Å²) in [6.07, 6.45) is 1.75. The van der Waals surface area contributed by atoms with Gasteiger partial charge in [-0.2, -0.15) is 0 Å². The van der Waals surface area contributed by atoms with E-state index >= 15 is 0 Å². The highest BCUT2D eigenvalue weighted by Crippen LogP contribution is 2.64. The Morgan fingerprint density at radius 3 is 3.00 bits per heavy atom. The molecule has 3 aliphatic heterocycles. The summed E-state index contributed by atoms with van der Waals surface area (Å²) >= 11 is 1.88. The molecule has 2 spiro atoms. The Labute approximate surface area is 155 Å². The lowest BCUT2D eigenvalue weighted by Gasteiger charge is -2.55. The predicted octanol–water partition coefficient (Wildman–Crippen LogP) is 2.91. The highest BCUT2D eigenvalue weighted by molar-refractivity contribution is 14.1. The molecule has 5 atom stereocenters. The number of Topliss-reactive ketones (excluding diaryl/α,β-unsaturated/α-hetero) is 1. The van der Waals surface area contributed by atoms with Crippen molar-refractivity contribution >= 4 is 28.8 Å². The Morgan fingerprint density at radius 2 is 2.21 bits per heavy atom. The second kappa shape index (κ2) is 4.86. The van der Waals surface area contributed by atoms with Crippen molar-refractivity contribution in [3.63, 3.8) is 0 Å². The van der Waals surface area contributed by atoms with Crippen molar-refractivity contribution in [2.24, 2.45) is 0 Å². The summed E-state index contributed by atoms with van der Waals surface area (Å²) in [6, 6.07) is 4.30. The monoisotopic (exact) mass is 441 g/mol. The zero-order chi connectivity index (χ0) is 16.7. The number of carbonyl (C=O) groups excluding carboxylic acids is 1. The summed E-state index contributed by atoms with van der Waals surface area (Å²) in [5, 5.41) is 0. The zero-order valence-electron chi connectivity index (χ0n) is 13.8. The molecular formula is C18H20INO4. The van der Waals surface area contributed by atoms with Crippen LogP contribution in [0.5, 0.6) is 11.5 Å². The predicted molar refractivity (Wildman–Crippen MR) is 95.6 cm³/mol. The molecule has 2 saturated heterocycles. The number of ketones is 1. The van der Waals surface area contributed by atoms with Crippen molar-refractivity contribution < 1.29 is 17.3 Å². The van der Waals surface area contributed by atoms with E-state index < -0.39 is 6.10 Å². The van der Waals surface area contributed by atoms with E-state index in [1.54, 1.807) is 0 Å². The summed E-state index contributed by atoms with van der Waals surface area (Å²) in [5.41, 5.74) is 1.57. The molecule has 0 amide bonds. The second-order valence-corrected chi connectivity index (χ2v) is 7.94. The van der Waals surface area contributed by atoms with Gasteiger partial charge in [0.1, 0.15) is 6.73 Å². The quantitative estimate of drug-likeness (QED) is 0.628. The molecule has 6 heteroatoms. The molecule has 4 aliphatic rings. The number of carbonyl (C=O) groups is 1. The minimum atomic E-state index is -0.449. The largest absolute Gasteiger partial charge is 0.477 e. The number of hydrogen-bond acceptors (Lipinski definition) is 5. The van der Waals surface area contributed by atoms with E-state index in [0.717, 1.165) is 36.3 Å². The average Bonchev–Trinajstić information content (AvgIpc) is 3.02. The molecule has 1 aromatic carbocycles. The van der Waals surface area contributed by atoms with Gasteiger partial charge in [0.15, 0.2) is 46.4 Å². The molecule has 0 N–H and O–H groups in total. The van der Waals surface area contributed by atoms with Crippen LogP contribution < -0.4 is 7.80 Å².